The molecule has 1 unspecified atom stereocenters. The lowest BCUT2D eigenvalue weighted by Crippen LogP contribution is -2.33. The minimum Gasteiger partial charge on any atom is -0.344 e. The molecule has 1 atom stereocenters. The van der Waals surface area contributed by atoms with Crippen molar-refractivity contribution in [1.82, 2.24) is 15.3 Å². The summed E-state index contributed by atoms with van der Waals surface area (Å²) in [6.07, 6.45) is -0.261. The van der Waals surface area contributed by atoms with Gasteiger partial charge < -0.3 is 5.32 Å². The fraction of sp³-hybridized carbons (Fsp3) is 0.0800. The van der Waals surface area contributed by atoms with Crippen molar-refractivity contribution in [3.63, 3.8) is 0 Å². The van der Waals surface area contributed by atoms with Crippen LogP contribution in [0.5, 0.6) is 0 Å². The Morgan fingerprint density at radius 1 is 0.509 bits per heavy atom. The van der Waals surface area contributed by atoms with E-state index in [1.165, 1.54) is 33.4 Å². The number of nitrogens with one attached hydrogen (secondary N) is 1. The number of fused-ring (bicyclic) bond motifs is 4. The Morgan fingerprint density at radius 2 is 1.15 bits per heavy atom. The van der Waals surface area contributed by atoms with Gasteiger partial charge in [-0.05, 0) is 51.1 Å². The predicted octanol–water partition coefficient (Wildman–Crippen LogP) is 11.4. The first-order chi connectivity index (χ1) is 27.0. The van der Waals surface area contributed by atoms with E-state index in [0.717, 1.165) is 56.1 Å². The average molecular weight is 708 g/mol. The maximum Gasteiger partial charge on any atom is 0.161 e. The van der Waals surface area contributed by atoms with E-state index < -0.39 is 0 Å². The molecule has 7 aromatic carbocycles. The van der Waals surface area contributed by atoms with Crippen molar-refractivity contribution >= 4 is 22.6 Å². The molecule has 1 N–H and O–H groups in total. The van der Waals surface area contributed by atoms with Crippen LogP contribution in [0.4, 0.5) is 0 Å². The third kappa shape index (κ3) is 5.73. The highest BCUT2D eigenvalue weighted by molar-refractivity contribution is 6.13. The van der Waals surface area contributed by atoms with E-state index in [2.05, 4.69) is 159 Å². The lowest BCUT2D eigenvalue weighted by molar-refractivity contribution is 0.659. The number of benzene rings is 7. The Balaban J connectivity index is 1.09. The molecule has 10 rings (SSSR count). The number of hydrogen-bond donors (Lipinski definition) is 1. The first kappa shape index (κ1) is 32.7. The molecule has 0 bridgehead atoms. The summed E-state index contributed by atoms with van der Waals surface area (Å²) in [5, 5.41) is 4.61. The third-order valence-corrected chi connectivity index (χ3v) is 11.0. The van der Waals surface area contributed by atoms with E-state index in [-0.39, 0.29) is 11.6 Å². The zero-order valence-corrected chi connectivity index (χ0v) is 30.6. The Hall–Kier alpha value is -6.98. The number of nitrogens with zero attached hydrogens (tertiary/aromatic N) is 4. The Kier molecular flexibility index (Phi) is 7.81. The highest BCUT2D eigenvalue weighted by atomic mass is 15.2. The summed E-state index contributed by atoms with van der Waals surface area (Å²) >= 11 is 0. The van der Waals surface area contributed by atoms with E-state index in [9.17, 15) is 0 Å². The summed E-state index contributed by atoms with van der Waals surface area (Å²) in [4.78, 5) is 20.8. The van der Waals surface area contributed by atoms with Gasteiger partial charge in [-0.3, -0.25) is 0 Å². The summed E-state index contributed by atoms with van der Waals surface area (Å²) in [6, 6.07) is 61.4. The molecule has 0 fully saturated rings. The van der Waals surface area contributed by atoms with Crippen molar-refractivity contribution in [2.24, 2.45) is 9.98 Å². The van der Waals surface area contributed by atoms with Crippen molar-refractivity contribution in [2.45, 2.75) is 25.4 Å². The second-order valence-corrected chi connectivity index (χ2v) is 14.7. The van der Waals surface area contributed by atoms with E-state index in [4.69, 9.17) is 20.0 Å². The smallest absolute Gasteiger partial charge is 0.161 e. The van der Waals surface area contributed by atoms with Crippen molar-refractivity contribution in [3.05, 3.63) is 204 Å². The SMILES string of the molecule is CC1(C)c2cc(C3=NC(c4ccccc4)NC(c4ccccc4)=N3)ccc2-c2c(-c3nc(-c4ccc(-c5ccccc5)cc4)c4ccccc4n3)cccc21. The predicted molar refractivity (Wildman–Crippen MR) is 225 cm³/mol. The maximum atomic E-state index is 5.35. The van der Waals surface area contributed by atoms with Gasteiger partial charge in [0, 0.05) is 33.1 Å². The van der Waals surface area contributed by atoms with Gasteiger partial charge in [-0.25, -0.2) is 20.0 Å². The molecule has 262 valence electrons. The van der Waals surface area contributed by atoms with Crippen molar-refractivity contribution in [1.29, 1.82) is 0 Å². The zero-order valence-electron chi connectivity index (χ0n) is 30.6. The maximum absolute atomic E-state index is 5.35. The molecule has 1 aliphatic carbocycles. The van der Waals surface area contributed by atoms with Crippen molar-refractivity contribution in [3.8, 4) is 44.9 Å². The van der Waals surface area contributed by atoms with Crippen LogP contribution < -0.4 is 5.32 Å². The standard InChI is InChI=1S/C50H37N5/c1-50(2)41-23-14-22-40(49-51-43-24-13-12-21-39(43)45(52-49)34-27-25-33(26-28-34)32-15-6-3-7-16-32)44(41)38-30-29-37(31-42(38)50)48-54-46(35-17-8-4-9-18-35)53-47(55-48)36-19-10-5-11-20-36/h3-31,46H,1-2H3,(H,53,54,55). The summed E-state index contributed by atoms with van der Waals surface area (Å²) in [6.45, 7) is 4.61. The van der Waals surface area contributed by atoms with Gasteiger partial charge >= 0.3 is 0 Å². The number of hydrogen-bond acceptors (Lipinski definition) is 5. The average Bonchev–Trinajstić information content (AvgIpc) is 3.49. The van der Waals surface area contributed by atoms with Crippen molar-refractivity contribution < 1.29 is 0 Å². The molecule has 1 aliphatic heterocycles. The quantitative estimate of drug-likeness (QED) is 0.187. The van der Waals surface area contributed by atoms with Gasteiger partial charge in [-0.2, -0.15) is 0 Å². The molecular weight excluding hydrogens is 671 g/mol. The summed E-state index contributed by atoms with van der Waals surface area (Å²) in [7, 11) is 0. The van der Waals surface area contributed by atoms with E-state index in [0.29, 0.717) is 5.84 Å². The lowest BCUT2D eigenvalue weighted by Gasteiger charge is -2.25. The van der Waals surface area contributed by atoms with E-state index in [1.807, 2.05) is 36.4 Å². The van der Waals surface area contributed by atoms with Gasteiger partial charge in [0.1, 0.15) is 12.0 Å². The number of aromatic nitrogens is 2. The van der Waals surface area contributed by atoms with Crippen LogP contribution in [0.2, 0.25) is 0 Å². The van der Waals surface area contributed by atoms with Crippen molar-refractivity contribution in [2.75, 3.05) is 0 Å². The number of aliphatic imine (C=N–C) groups is 2. The fourth-order valence-electron chi connectivity index (χ4n) is 8.11. The minimum absolute atomic E-state index is 0.261. The molecule has 55 heavy (non-hydrogen) atoms. The normalized spacial score (nSPS) is 15.4. The van der Waals surface area contributed by atoms with Gasteiger partial charge in [0.25, 0.3) is 0 Å². The second kappa shape index (κ2) is 13.2. The molecule has 0 amide bonds. The van der Waals surface area contributed by atoms with Crippen LogP contribution in [-0.4, -0.2) is 21.6 Å². The van der Waals surface area contributed by atoms with Crippen LogP contribution in [0.15, 0.2) is 186 Å². The molecule has 2 heterocycles. The first-order valence-corrected chi connectivity index (χ1v) is 18.8. The molecule has 8 aromatic rings. The largest absolute Gasteiger partial charge is 0.344 e. The Bertz CT molecular complexity index is 2790. The molecule has 5 nitrogen and oxygen atoms in total. The number of para-hydroxylation sites is 1. The number of amidine groups is 2. The molecule has 2 aliphatic rings. The van der Waals surface area contributed by atoms with Gasteiger partial charge in [0.2, 0.25) is 0 Å². The van der Waals surface area contributed by atoms with Gasteiger partial charge in [-0.1, -0.05) is 178 Å². The minimum atomic E-state index is -0.276. The monoisotopic (exact) mass is 707 g/mol. The van der Waals surface area contributed by atoms with Crippen LogP contribution in [0.3, 0.4) is 0 Å². The molecule has 0 radical (unpaired) electrons. The van der Waals surface area contributed by atoms with Gasteiger partial charge in [0.15, 0.2) is 11.7 Å². The van der Waals surface area contributed by atoms with Gasteiger partial charge in [0.05, 0.1) is 11.2 Å². The van der Waals surface area contributed by atoms with Crippen LogP contribution >= 0.6 is 0 Å². The van der Waals surface area contributed by atoms with Crippen LogP contribution in [0.1, 0.15) is 47.8 Å². The highest BCUT2D eigenvalue weighted by Crippen LogP contribution is 2.52. The topological polar surface area (TPSA) is 62.5 Å². The first-order valence-electron chi connectivity index (χ1n) is 18.8. The summed E-state index contributed by atoms with van der Waals surface area (Å²) in [5.41, 5.74) is 14.0. The Morgan fingerprint density at radius 3 is 1.91 bits per heavy atom. The molecule has 0 saturated heterocycles. The molecular formula is C50H37N5. The van der Waals surface area contributed by atoms with Crippen LogP contribution in [0, 0.1) is 0 Å². The van der Waals surface area contributed by atoms with E-state index >= 15 is 0 Å². The number of rotatable bonds is 6. The molecule has 0 spiro atoms. The van der Waals surface area contributed by atoms with Crippen LogP contribution in [-0.2, 0) is 5.41 Å². The zero-order chi connectivity index (χ0) is 36.9. The lowest BCUT2D eigenvalue weighted by atomic mass is 9.81. The highest BCUT2D eigenvalue weighted by Gasteiger charge is 2.38. The van der Waals surface area contributed by atoms with E-state index in [1.54, 1.807) is 0 Å². The fourth-order valence-corrected chi connectivity index (χ4v) is 8.11. The van der Waals surface area contributed by atoms with Gasteiger partial charge in [-0.15, -0.1) is 0 Å². The molecule has 0 saturated carbocycles. The second-order valence-electron chi connectivity index (χ2n) is 14.7. The van der Waals surface area contributed by atoms with Crippen LogP contribution in [0.25, 0.3) is 55.8 Å². The third-order valence-electron chi connectivity index (χ3n) is 11.0. The molecule has 1 aromatic heterocycles. The molecule has 5 heteroatoms. The summed E-state index contributed by atoms with van der Waals surface area (Å²) in [5.74, 6) is 2.24. The Labute approximate surface area is 320 Å². The summed E-state index contributed by atoms with van der Waals surface area (Å²) < 4.78 is 0.